The molecule has 186 valence electrons. The first-order valence-corrected chi connectivity index (χ1v) is 12.9. The number of carboxylic acid groups (broad SMARTS) is 1. The number of methoxy groups -OCH3 is 1. The smallest absolute Gasteiger partial charge is 0.459 e. The van der Waals surface area contributed by atoms with Gasteiger partial charge in [-0.15, -0.1) is 0 Å². The Morgan fingerprint density at radius 3 is 2.77 bits per heavy atom. The molecule has 0 saturated heterocycles. The molecule has 0 bridgehead atoms. The highest BCUT2D eigenvalue weighted by Gasteiger charge is 2.33. The first kappa shape index (κ1) is 25.1. The Morgan fingerprint density at radius 2 is 2.09 bits per heavy atom. The summed E-state index contributed by atoms with van der Waals surface area (Å²) >= 11 is 3.32. The fourth-order valence-corrected chi connectivity index (χ4v) is 5.40. The number of halogens is 1. The van der Waals surface area contributed by atoms with Gasteiger partial charge in [0.05, 0.1) is 26.1 Å². The number of nitrogen functional groups attached to an aromatic ring is 1. The van der Waals surface area contributed by atoms with E-state index in [1.807, 2.05) is 16.7 Å². The number of fused-ring (bicyclic) bond motifs is 1. The van der Waals surface area contributed by atoms with E-state index in [0.29, 0.717) is 17.6 Å². The summed E-state index contributed by atoms with van der Waals surface area (Å²) < 4.78 is 32.6. The first-order chi connectivity index (χ1) is 16.7. The standard InChI is InChI=1S/C21H24BrN6O6P/c1-12(20(29)30)27-35(31,34-16-7-4-14(22)5-8-16)33-10-13-3-6-15(9-13)28-11-24-17-18(28)25-21(23)26-19(17)32-2/h3-8,11-13,15H,9-10H2,1-2H3,(H,27,31)(H,29,30)(H2,23,25,26)/t12?,13-,15+,35?/m1/s1. The van der Waals surface area contributed by atoms with Crippen LogP contribution in [0.5, 0.6) is 11.6 Å². The molecule has 2 aromatic heterocycles. The molecule has 3 aromatic rings. The van der Waals surface area contributed by atoms with Crippen LogP contribution in [-0.2, 0) is 13.9 Å². The second kappa shape index (κ2) is 10.3. The molecule has 2 unspecified atom stereocenters. The van der Waals surface area contributed by atoms with Crippen molar-refractivity contribution in [2.75, 3.05) is 19.5 Å². The average molecular weight is 567 g/mol. The van der Waals surface area contributed by atoms with Crippen molar-refractivity contribution in [2.24, 2.45) is 5.92 Å². The number of imidazole rings is 1. The zero-order valence-electron chi connectivity index (χ0n) is 18.9. The highest BCUT2D eigenvalue weighted by Crippen LogP contribution is 2.46. The van der Waals surface area contributed by atoms with Gasteiger partial charge in [-0.05, 0) is 37.6 Å². The van der Waals surface area contributed by atoms with E-state index in [1.165, 1.54) is 14.0 Å². The predicted octanol–water partition coefficient (Wildman–Crippen LogP) is 3.56. The number of carbonyl (C=O) groups is 1. The fraction of sp³-hybridized carbons (Fsp3) is 0.333. The highest BCUT2D eigenvalue weighted by molar-refractivity contribution is 9.10. The number of nitrogens with zero attached hydrogens (tertiary/aromatic N) is 4. The molecule has 0 saturated carbocycles. The maximum atomic E-state index is 13.4. The van der Waals surface area contributed by atoms with E-state index < -0.39 is 19.8 Å². The van der Waals surface area contributed by atoms with Gasteiger partial charge in [0.2, 0.25) is 11.8 Å². The number of allylic oxidation sites excluding steroid dienone is 1. The van der Waals surface area contributed by atoms with Crippen LogP contribution in [0.15, 0.2) is 47.2 Å². The molecule has 1 aliphatic carbocycles. The monoisotopic (exact) mass is 566 g/mol. The quantitative estimate of drug-likeness (QED) is 0.242. The van der Waals surface area contributed by atoms with Crippen LogP contribution in [-0.4, -0.2) is 50.4 Å². The van der Waals surface area contributed by atoms with Gasteiger partial charge in [-0.3, -0.25) is 9.32 Å². The number of anilines is 1. The van der Waals surface area contributed by atoms with Crippen LogP contribution >= 0.6 is 23.7 Å². The number of nitrogens with two attached hydrogens (primary N) is 1. The van der Waals surface area contributed by atoms with Crippen LogP contribution in [0.2, 0.25) is 0 Å². The third-order valence-electron chi connectivity index (χ3n) is 5.33. The Labute approximate surface area is 209 Å². The van der Waals surface area contributed by atoms with E-state index in [-0.39, 0.29) is 36.1 Å². The van der Waals surface area contributed by atoms with Gasteiger partial charge < -0.3 is 24.7 Å². The minimum Gasteiger partial charge on any atom is -0.480 e. The van der Waals surface area contributed by atoms with Crippen molar-refractivity contribution in [3.05, 3.63) is 47.2 Å². The number of aromatic nitrogens is 4. The van der Waals surface area contributed by atoms with Gasteiger partial charge in [0.25, 0.3) is 0 Å². The van der Waals surface area contributed by atoms with Crippen LogP contribution in [0.1, 0.15) is 19.4 Å². The van der Waals surface area contributed by atoms with Crippen molar-refractivity contribution >= 4 is 46.8 Å². The predicted molar refractivity (Wildman–Crippen MR) is 131 cm³/mol. The lowest BCUT2D eigenvalue weighted by Gasteiger charge is -2.23. The molecule has 4 atom stereocenters. The maximum absolute atomic E-state index is 13.4. The van der Waals surface area contributed by atoms with Gasteiger partial charge in [0.1, 0.15) is 11.8 Å². The van der Waals surface area contributed by atoms with E-state index in [1.54, 1.807) is 30.6 Å². The molecular weight excluding hydrogens is 543 g/mol. The zero-order chi connectivity index (χ0) is 25.2. The SMILES string of the molecule is COc1nc(N)nc2c1ncn2[C@H]1C=C[C@@H](COP(=O)(NC(C)C(=O)O)Oc2ccc(Br)cc2)C1. The average Bonchev–Trinajstić information content (AvgIpc) is 3.45. The second-order valence-electron chi connectivity index (χ2n) is 7.89. The maximum Gasteiger partial charge on any atom is 0.459 e. The van der Waals surface area contributed by atoms with Crippen LogP contribution in [0, 0.1) is 5.92 Å². The summed E-state index contributed by atoms with van der Waals surface area (Å²) in [5.41, 5.74) is 6.83. The molecule has 0 radical (unpaired) electrons. The van der Waals surface area contributed by atoms with Crippen molar-refractivity contribution in [3.63, 3.8) is 0 Å². The van der Waals surface area contributed by atoms with E-state index in [9.17, 15) is 14.5 Å². The number of rotatable bonds is 10. The minimum absolute atomic E-state index is 0.0349. The number of ether oxygens (including phenoxy) is 1. The van der Waals surface area contributed by atoms with Gasteiger partial charge in [0.15, 0.2) is 11.2 Å². The van der Waals surface area contributed by atoms with Gasteiger partial charge in [0, 0.05) is 10.4 Å². The van der Waals surface area contributed by atoms with Crippen LogP contribution in [0.25, 0.3) is 11.2 Å². The van der Waals surface area contributed by atoms with Gasteiger partial charge in [-0.2, -0.15) is 15.1 Å². The van der Waals surface area contributed by atoms with Crippen LogP contribution in [0.4, 0.5) is 5.95 Å². The Bertz CT molecular complexity index is 1300. The molecule has 2 heterocycles. The number of hydrogen-bond donors (Lipinski definition) is 3. The summed E-state index contributed by atoms with van der Waals surface area (Å²) in [4.78, 5) is 24.0. The van der Waals surface area contributed by atoms with Gasteiger partial charge in [-0.25, -0.2) is 9.55 Å². The van der Waals surface area contributed by atoms with Gasteiger partial charge in [-0.1, -0.05) is 28.1 Å². The first-order valence-electron chi connectivity index (χ1n) is 10.6. The topological polar surface area (TPSA) is 164 Å². The summed E-state index contributed by atoms with van der Waals surface area (Å²) in [6.45, 7) is 1.40. The molecule has 0 fully saturated rings. The Hall–Kier alpha value is -2.99. The van der Waals surface area contributed by atoms with Crippen LogP contribution in [0.3, 0.4) is 0 Å². The molecule has 35 heavy (non-hydrogen) atoms. The number of aliphatic carboxylic acids is 1. The lowest BCUT2D eigenvalue weighted by atomic mass is 10.1. The summed E-state index contributed by atoms with van der Waals surface area (Å²) in [5.74, 6) is -0.669. The minimum atomic E-state index is -4.01. The largest absolute Gasteiger partial charge is 0.480 e. The number of benzene rings is 1. The fourth-order valence-electron chi connectivity index (χ4n) is 3.58. The number of nitrogens with one attached hydrogen (secondary N) is 1. The van der Waals surface area contributed by atoms with E-state index >= 15 is 0 Å². The molecular formula is C21H24BrN6O6P. The van der Waals surface area contributed by atoms with Crippen LogP contribution < -0.4 is 20.1 Å². The molecule has 14 heteroatoms. The summed E-state index contributed by atoms with van der Waals surface area (Å²) in [7, 11) is -2.52. The third kappa shape index (κ3) is 5.81. The van der Waals surface area contributed by atoms with Gasteiger partial charge >= 0.3 is 13.7 Å². The number of hydrogen-bond acceptors (Lipinski definition) is 9. The highest BCUT2D eigenvalue weighted by atomic mass is 79.9. The molecule has 1 aromatic carbocycles. The lowest BCUT2D eigenvalue weighted by molar-refractivity contribution is -0.138. The van der Waals surface area contributed by atoms with E-state index in [0.717, 1.165) is 4.47 Å². The Kier molecular flexibility index (Phi) is 7.41. The summed E-state index contributed by atoms with van der Waals surface area (Å²) in [6, 6.07) is 5.37. The number of carboxylic acids is 1. The lowest BCUT2D eigenvalue weighted by Crippen LogP contribution is -2.33. The third-order valence-corrected chi connectivity index (χ3v) is 7.50. The molecule has 12 nitrogen and oxygen atoms in total. The van der Waals surface area contributed by atoms with E-state index in [2.05, 4.69) is 36.0 Å². The van der Waals surface area contributed by atoms with Crippen molar-refractivity contribution in [1.29, 1.82) is 0 Å². The normalized spacial score (nSPS) is 20.0. The molecule has 0 amide bonds. The molecule has 0 spiro atoms. The Morgan fingerprint density at radius 1 is 1.34 bits per heavy atom. The summed E-state index contributed by atoms with van der Waals surface area (Å²) in [5, 5.41) is 11.7. The van der Waals surface area contributed by atoms with Crippen molar-refractivity contribution in [2.45, 2.75) is 25.4 Å². The second-order valence-corrected chi connectivity index (χ2v) is 10.5. The Balaban J connectivity index is 1.46. The molecule has 1 aliphatic rings. The van der Waals surface area contributed by atoms with Crippen molar-refractivity contribution in [1.82, 2.24) is 24.6 Å². The van der Waals surface area contributed by atoms with E-state index in [4.69, 9.17) is 19.5 Å². The van der Waals surface area contributed by atoms with Crippen molar-refractivity contribution in [3.8, 4) is 11.6 Å². The zero-order valence-corrected chi connectivity index (χ0v) is 21.3. The molecule has 0 aliphatic heterocycles. The molecule has 4 rings (SSSR count). The summed E-state index contributed by atoms with van der Waals surface area (Å²) in [6.07, 6.45) is 6.14. The van der Waals surface area contributed by atoms with Crippen molar-refractivity contribution < 1.29 is 28.3 Å². The molecule has 4 N–H and O–H groups in total.